The van der Waals surface area contributed by atoms with E-state index in [4.69, 9.17) is 0 Å². The Kier molecular flexibility index (Phi) is 5.21. The van der Waals surface area contributed by atoms with Gasteiger partial charge in [0.2, 0.25) is 0 Å². The van der Waals surface area contributed by atoms with E-state index in [1.54, 1.807) is 0 Å². The van der Waals surface area contributed by atoms with Crippen LogP contribution in [0.25, 0.3) is 0 Å². The summed E-state index contributed by atoms with van der Waals surface area (Å²) in [5.74, 6) is 2.32. The maximum Gasteiger partial charge on any atom is 0.0675 e. The number of hydrogen-bond acceptors (Lipinski definition) is 1. The summed E-state index contributed by atoms with van der Waals surface area (Å²) in [6.45, 7) is 9.43. The molecule has 2 aliphatic rings. The Bertz CT molecular complexity index is 295. The van der Waals surface area contributed by atoms with E-state index >= 15 is 0 Å². The summed E-state index contributed by atoms with van der Waals surface area (Å²) in [5, 5.41) is 11.2. The Balaban J connectivity index is 1.94. The summed E-state index contributed by atoms with van der Waals surface area (Å²) in [4.78, 5) is 0. The summed E-state index contributed by atoms with van der Waals surface area (Å²) in [5.41, 5.74) is 0.0732. The first-order chi connectivity index (χ1) is 9.35. The zero-order chi connectivity index (χ0) is 14.8. The predicted octanol–water partition coefficient (Wildman–Crippen LogP) is 5.56. The van der Waals surface area contributed by atoms with Crippen molar-refractivity contribution in [3.8, 4) is 0 Å². The van der Waals surface area contributed by atoms with Crippen LogP contribution in [-0.4, -0.2) is 10.7 Å². The van der Waals surface area contributed by atoms with E-state index in [9.17, 15) is 5.11 Å². The first-order valence-electron chi connectivity index (χ1n) is 9.07. The molecular weight excluding hydrogens is 244 g/mol. The van der Waals surface area contributed by atoms with Gasteiger partial charge in [0.25, 0.3) is 0 Å². The Morgan fingerprint density at radius 3 is 2.15 bits per heavy atom. The summed E-state index contributed by atoms with van der Waals surface area (Å²) in [6.07, 6.45) is 12.5. The third-order valence-corrected chi connectivity index (χ3v) is 6.50. The van der Waals surface area contributed by atoms with E-state index in [0.29, 0.717) is 11.3 Å². The van der Waals surface area contributed by atoms with Crippen molar-refractivity contribution >= 4 is 0 Å². The summed E-state index contributed by atoms with van der Waals surface area (Å²) in [7, 11) is 0. The average molecular weight is 280 g/mol. The smallest absolute Gasteiger partial charge is 0.0675 e. The van der Waals surface area contributed by atoms with Crippen molar-refractivity contribution in [1.82, 2.24) is 0 Å². The fourth-order valence-corrected chi connectivity index (χ4v) is 4.73. The van der Waals surface area contributed by atoms with Crippen molar-refractivity contribution in [1.29, 1.82) is 0 Å². The molecule has 2 saturated carbocycles. The van der Waals surface area contributed by atoms with Crippen molar-refractivity contribution in [3.05, 3.63) is 0 Å². The highest BCUT2D eigenvalue weighted by atomic mass is 16.3. The molecule has 0 aromatic heterocycles. The minimum Gasteiger partial charge on any atom is -0.390 e. The van der Waals surface area contributed by atoms with E-state index in [1.807, 2.05) is 0 Å². The molecule has 1 heteroatoms. The van der Waals surface area contributed by atoms with Crippen LogP contribution in [-0.2, 0) is 0 Å². The lowest BCUT2D eigenvalue weighted by molar-refractivity contribution is -0.0517. The molecule has 0 bridgehead atoms. The summed E-state index contributed by atoms with van der Waals surface area (Å²) >= 11 is 0. The third kappa shape index (κ3) is 3.78. The highest BCUT2D eigenvalue weighted by molar-refractivity contribution is 4.93. The Labute approximate surface area is 126 Å². The molecule has 118 valence electrons. The van der Waals surface area contributed by atoms with Crippen LogP contribution < -0.4 is 0 Å². The molecule has 0 amide bonds. The van der Waals surface area contributed by atoms with Crippen LogP contribution in [0.4, 0.5) is 0 Å². The molecule has 2 atom stereocenters. The molecule has 0 saturated heterocycles. The van der Waals surface area contributed by atoms with E-state index in [-0.39, 0.29) is 5.60 Å². The fraction of sp³-hybridized carbons (Fsp3) is 1.00. The molecule has 0 aromatic carbocycles. The topological polar surface area (TPSA) is 20.2 Å². The fourth-order valence-electron chi connectivity index (χ4n) is 4.73. The van der Waals surface area contributed by atoms with Crippen LogP contribution in [0.2, 0.25) is 0 Å². The summed E-state index contributed by atoms with van der Waals surface area (Å²) < 4.78 is 0. The highest BCUT2D eigenvalue weighted by Crippen LogP contribution is 2.46. The van der Waals surface area contributed by atoms with Gasteiger partial charge in [-0.05, 0) is 61.7 Å². The van der Waals surface area contributed by atoms with E-state index in [0.717, 1.165) is 24.7 Å². The molecular formula is C19H36O. The largest absolute Gasteiger partial charge is 0.390 e. The maximum atomic E-state index is 11.2. The van der Waals surface area contributed by atoms with Crippen molar-refractivity contribution in [2.75, 3.05) is 0 Å². The molecule has 1 nitrogen and oxygen atoms in total. The molecule has 0 radical (unpaired) electrons. The normalized spacial score (nSPS) is 40.4. The van der Waals surface area contributed by atoms with Gasteiger partial charge in [0, 0.05) is 0 Å². The van der Waals surface area contributed by atoms with E-state index in [1.165, 1.54) is 51.4 Å². The molecule has 0 aliphatic heterocycles. The van der Waals surface area contributed by atoms with Crippen LogP contribution in [0, 0.1) is 23.2 Å². The zero-order valence-electron chi connectivity index (χ0n) is 14.3. The van der Waals surface area contributed by atoms with E-state index in [2.05, 4.69) is 27.7 Å². The zero-order valence-corrected chi connectivity index (χ0v) is 14.3. The van der Waals surface area contributed by atoms with Crippen molar-refractivity contribution < 1.29 is 5.11 Å². The number of rotatable bonds is 2. The maximum absolute atomic E-state index is 11.2. The van der Waals surface area contributed by atoms with Gasteiger partial charge in [-0.3, -0.25) is 0 Å². The molecule has 2 rings (SSSR count). The third-order valence-electron chi connectivity index (χ3n) is 6.50. The van der Waals surface area contributed by atoms with Crippen LogP contribution in [0.1, 0.15) is 91.9 Å². The minimum atomic E-state index is -0.335. The van der Waals surface area contributed by atoms with Gasteiger partial charge in [-0.2, -0.15) is 0 Å². The number of hydrogen-bond donors (Lipinski definition) is 1. The van der Waals surface area contributed by atoms with Gasteiger partial charge in [-0.1, -0.05) is 53.4 Å². The second kappa shape index (κ2) is 6.38. The van der Waals surface area contributed by atoms with Crippen LogP contribution >= 0.6 is 0 Å². The van der Waals surface area contributed by atoms with Crippen molar-refractivity contribution in [2.24, 2.45) is 23.2 Å². The highest BCUT2D eigenvalue weighted by Gasteiger charge is 2.41. The summed E-state index contributed by atoms with van der Waals surface area (Å²) in [6, 6.07) is 0. The van der Waals surface area contributed by atoms with Gasteiger partial charge in [-0.25, -0.2) is 0 Å². The molecule has 0 heterocycles. The van der Waals surface area contributed by atoms with Gasteiger partial charge in [0.15, 0.2) is 0 Å². The van der Waals surface area contributed by atoms with Gasteiger partial charge >= 0.3 is 0 Å². The van der Waals surface area contributed by atoms with Gasteiger partial charge in [0.1, 0.15) is 0 Å². The lowest BCUT2D eigenvalue weighted by atomic mass is 9.69. The van der Waals surface area contributed by atoms with Crippen LogP contribution in [0.5, 0.6) is 0 Å². The minimum absolute atomic E-state index is 0.335. The molecule has 2 unspecified atom stereocenters. The first-order valence-corrected chi connectivity index (χ1v) is 9.07. The average Bonchev–Trinajstić information content (AvgIpc) is 2.61. The van der Waals surface area contributed by atoms with Gasteiger partial charge < -0.3 is 5.11 Å². The predicted molar refractivity (Wildman–Crippen MR) is 86.7 cm³/mol. The standard InChI is InChI=1S/C19H36O/c1-5-15-8-10-17(11-9-15)19(20)13-6-7-16(12-14-19)18(2,3)4/h15-17,20H,5-14H2,1-4H3. The molecule has 20 heavy (non-hydrogen) atoms. The molecule has 2 fully saturated rings. The lowest BCUT2D eigenvalue weighted by Gasteiger charge is -2.40. The van der Waals surface area contributed by atoms with Crippen molar-refractivity contribution in [2.45, 2.75) is 97.5 Å². The first kappa shape index (κ1) is 16.3. The molecule has 0 aromatic rings. The monoisotopic (exact) mass is 280 g/mol. The Morgan fingerprint density at radius 2 is 1.60 bits per heavy atom. The molecule has 1 N–H and O–H groups in total. The second-order valence-electron chi connectivity index (χ2n) is 8.72. The van der Waals surface area contributed by atoms with Gasteiger partial charge in [-0.15, -0.1) is 0 Å². The SMILES string of the molecule is CCC1CCC(C2(O)CCCC(C(C)(C)C)CC2)CC1. The van der Waals surface area contributed by atoms with Gasteiger partial charge in [0.05, 0.1) is 5.60 Å². The lowest BCUT2D eigenvalue weighted by Crippen LogP contribution is -2.39. The Morgan fingerprint density at radius 1 is 0.950 bits per heavy atom. The molecule has 0 spiro atoms. The van der Waals surface area contributed by atoms with Crippen LogP contribution in [0.3, 0.4) is 0 Å². The second-order valence-corrected chi connectivity index (χ2v) is 8.72. The van der Waals surface area contributed by atoms with E-state index < -0.39 is 0 Å². The molecule has 2 aliphatic carbocycles. The Hall–Kier alpha value is -0.0400. The number of aliphatic hydroxyl groups is 1. The van der Waals surface area contributed by atoms with Crippen LogP contribution in [0.15, 0.2) is 0 Å². The quantitative estimate of drug-likeness (QED) is 0.656. The van der Waals surface area contributed by atoms with Crippen molar-refractivity contribution in [3.63, 3.8) is 0 Å².